The number of hydrogen-bond donors (Lipinski definition) is 0. The van der Waals surface area contributed by atoms with Crippen LogP contribution in [-0.2, 0) is 16.1 Å². The van der Waals surface area contributed by atoms with Crippen LogP contribution in [0.4, 0.5) is 0 Å². The maximum Gasteiger partial charge on any atom is 0.358 e. The molecule has 0 radical (unpaired) electrons. The Hall–Kier alpha value is -1.66. The van der Waals surface area contributed by atoms with E-state index in [4.69, 9.17) is 21.1 Å². The number of carbonyl (C=O) groups is 1. The molecule has 7 heteroatoms. The van der Waals surface area contributed by atoms with E-state index >= 15 is 0 Å². The van der Waals surface area contributed by atoms with Crippen molar-refractivity contribution < 1.29 is 14.3 Å². The number of fused-ring (bicyclic) bond motifs is 1. The average Bonchev–Trinajstić information content (AvgIpc) is 2.74. The van der Waals surface area contributed by atoms with Crippen LogP contribution in [0.3, 0.4) is 0 Å². The van der Waals surface area contributed by atoms with Crippen molar-refractivity contribution in [3.63, 3.8) is 0 Å². The summed E-state index contributed by atoms with van der Waals surface area (Å²) in [4.78, 5) is 15.8. The van der Waals surface area contributed by atoms with Crippen LogP contribution in [0.5, 0.6) is 0 Å². The molecule has 2 aromatic heterocycles. The molecule has 0 aromatic carbocycles. The highest BCUT2D eigenvalue weighted by Gasteiger charge is 2.14. The molecule has 0 saturated carbocycles. The van der Waals surface area contributed by atoms with E-state index in [9.17, 15) is 4.79 Å². The molecule has 0 atom stereocenters. The van der Waals surface area contributed by atoms with Crippen LogP contribution in [0.1, 0.15) is 23.1 Å². The van der Waals surface area contributed by atoms with Crippen LogP contribution < -0.4 is 0 Å². The maximum absolute atomic E-state index is 11.5. The van der Waals surface area contributed by atoms with E-state index in [1.165, 1.54) is 10.6 Å². The van der Waals surface area contributed by atoms with E-state index in [0.717, 1.165) is 0 Å². The fourth-order valence-corrected chi connectivity index (χ4v) is 1.76. The number of ether oxygens (including phenoxy) is 2. The Kier molecular flexibility index (Phi) is 3.78. The number of rotatable bonds is 4. The van der Waals surface area contributed by atoms with Gasteiger partial charge in [-0.05, 0) is 13.0 Å². The van der Waals surface area contributed by atoms with Gasteiger partial charge in [0.2, 0.25) is 0 Å². The molecule has 0 bridgehead atoms. The first-order valence-electron chi connectivity index (χ1n) is 5.37. The summed E-state index contributed by atoms with van der Waals surface area (Å²) in [6.45, 7) is 2.37. The fourth-order valence-electron chi connectivity index (χ4n) is 1.51. The molecular weight excluding hydrogens is 258 g/mol. The third kappa shape index (κ3) is 2.44. The van der Waals surface area contributed by atoms with Crippen LogP contribution in [-0.4, -0.2) is 34.3 Å². The zero-order valence-corrected chi connectivity index (χ0v) is 10.8. The van der Waals surface area contributed by atoms with Crippen molar-refractivity contribution in [3.8, 4) is 0 Å². The van der Waals surface area contributed by atoms with Crippen molar-refractivity contribution in [2.24, 2.45) is 0 Å². The molecule has 18 heavy (non-hydrogen) atoms. The number of halogens is 1. The minimum absolute atomic E-state index is 0.181. The normalized spacial score (nSPS) is 10.8. The van der Waals surface area contributed by atoms with Crippen molar-refractivity contribution in [3.05, 3.63) is 28.7 Å². The molecule has 0 fully saturated rings. The smallest absolute Gasteiger partial charge is 0.358 e. The van der Waals surface area contributed by atoms with Gasteiger partial charge in [0, 0.05) is 13.2 Å². The Morgan fingerprint density at radius 2 is 2.28 bits per heavy atom. The van der Waals surface area contributed by atoms with Crippen molar-refractivity contribution in [2.75, 3.05) is 13.7 Å². The molecule has 0 amide bonds. The monoisotopic (exact) mass is 269 g/mol. The summed E-state index contributed by atoms with van der Waals surface area (Å²) >= 11 is 6.05. The highest BCUT2D eigenvalue weighted by molar-refractivity contribution is 6.29. The van der Waals surface area contributed by atoms with Gasteiger partial charge in [-0.25, -0.2) is 14.3 Å². The molecule has 0 aliphatic rings. The molecule has 6 nitrogen and oxygen atoms in total. The van der Waals surface area contributed by atoms with E-state index in [1.54, 1.807) is 20.1 Å². The van der Waals surface area contributed by atoms with Gasteiger partial charge >= 0.3 is 5.97 Å². The van der Waals surface area contributed by atoms with Crippen LogP contribution in [0, 0.1) is 0 Å². The van der Waals surface area contributed by atoms with Gasteiger partial charge in [0.25, 0.3) is 0 Å². The van der Waals surface area contributed by atoms with E-state index in [2.05, 4.69) is 10.1 Å². The van der Waals surface area contributed by atoms with Crippen molar-refractivity contribution in [1.82, 2.24) is 14.6 Å². The van der Waals surface area contributed by atoms with Crippen molar-refractivity contribution in [1.29, 1.82) is 0 Å². The zero-order chi connectivity index (χ0) is 13.1. The lowest BCUT2D eigenvalue weighted by Gasteiger charge is -2.01. The lowest BCUT2D eigenvalue weighted by molar-refractivity contribution is 0.0519. The van der Waals surface area contributed by atoms with E-state index in [1.807, 2.05) is 0 Å². The molecule has 2 aromatic rings. The average molecular weight is 270 g/mol. The van der Waals surface area contributed by atoms with Gasteiger partial charge in [-0.15, -0.1) is 0 Å². The highest BCUT2D eigenvalue weighted by Crippen LogP contribution is 2.15. The van der Waals surface area contributed by atoms with Crippen LogP contribution in [0.2, 0.25) is 5.15 Å². The molecule has 0 N–H and O–H groups in total. The van der Waals surface area contributed by atoms with Gasteiger partial charge in [0.1, 0.15) is 5.15 Å². The van der Waals surface area contributed by atoms with Gasteiger partial charge in [-0.3, -0.25) is 0 Å². The number of esters is 1. The predicted octanol–water partition coefficient (Wildman–Crippen LogP) is 1.71. The minimum atomic E-state index is -0.493. The summed E-state index contributed by atoms with van der Waals surface area (Å²) in [5.41, 5.74) is 1.34. The number of methoxy groups -OCH3 is 1. The Morgan fingerprint density at radius 1 is 1.50 bits per heavy atom. The Labute approximate surface area is 108 Å². The van der Waals surface area contributed by atoms with Crippen molar-refractivity contribution >= 4 is 23.2 Å². The molecule has 96 valence electrons. The lowest BCUT2D eigenvalue weighted by atomic mass is 10.4. The number of aromatic nitrogens is 3. The molecule has 0 spiro atoms. The number of nitrogens with zero attached hydrogens (tertiary/aromatic N) is 3. The van der Waals surface area contributed by atoms with E-state index < -0.39 is 5.97 Å². The minimum Gasteiger partial charge on any atom is -0.461 e. The first-order valence-corrected chi connectivity index (χ1v) is 5.74. The number of hydrogen-bond acceptors (Lipinski definition) is 5. The first kappa shape index (κ1) is 12.8. The van der Waals surface area contributed by atoms with Crippen molar-refractivity contribution in [2.45, 2.75) is 13.5 Å². The lowest BCUT2D eigenvalue weighted by Crippen LogP contribution is -2.05. The molecular formula is C11H12ClN3O3. The zero-order valence-electron chi connectivity index (χ0n) is 10.0. The molecule has 0 saturated heterocycles. The second-order valence-electron chi connectivity index (χ2n) is 3.52. The standard InChI is InChI=1S/C11H12ClN3O3/c1-3-18-11(16)8-5-10-13-7(6-17-2)4-9(12)15(10)14-8/h4-5H,3,6H2,1-2H3. The Balaban J connectivity index is 2.44. The van der Waals surface area contributed by atoms with Gasteiger partial charge in [-0.1, -0.05) is 11.6 Å². The summed E-state index contributed by atoms with van der Waals surface area (Å²) in [5.74, 6) is -0.493. The topological polar surface area (TPSA) is 65.7 Å². The summed E-state index contributed by atoms with van der Waals surface area (Å²) in [6.07, 6.45) is 0. The SMILES string of the molecule is CCOC(=O)c1cc2nc(COC)cc(Cl)n2n1. The maximum atomic E-state index is 11.5. The summed E-state index contributed by atoms with van der Waals surface area (Å²) in [7, 11) is 1.57. The van der Waals surface area contributed by atoms with Crippen LogP contribution in [0.25, 0.3) is 5.65 Å². The quantitative estimate of drug-likeness (QED) is 0.624. The summed E-state index contributed by atoms with van der Waals surface area (Å²) in [5, 5.41) is 4.40. The second-order valence-corrected chi connectivity index (χ2v) is 3.91. The number of carbonyl (C=O) groups excluding carboxylic acids is 1. The molecule has 0 unspecified atom stereocenters. The molecule has 2 rings (SSSR count). The third-order valence-corrected chi connectivity index (χ3v) is 2.48. The van der Waals surface area contributed by atoms with Crippen LogP contribution in [0.15, 0.2) is 12.1 Å². The molecule has 2 heterocycles. The van der Waals surface area contributed by atoms with Gasteiger partial charge in [-0.2, -0.15) is 5.10 Å². The summed E-state index contributed by atoms with van der Waals surface area (Å²) < 4.78 is 11.2. The highest BCUT2D eigenvalue weighted by atomic mass is 35.5. The van der Waals surface area contributed by atoms with Gasteiger partial charge in [0.15, 0.2) is 11.3 Å². The second kappa shape index (κ2) is 5.32. The molecule has 0 aliphatic carbocycles. The third-order valence-electron chi connectivity index (χ3n) is 2.21. The predicted molar refractivity (Wildman–Crippen MR) is 64.7 cm³/mol. The first-order chi connectivity index (χ1) is 8.65. The van der Waals surface area contributed by atoms with E-state index in [0.29, 0.717) is 29.7 Å². The fraction of sp³-hybridized carbons (Fsp3) is 0.364. The summed E-state index contributed by atoms with van der Waals surface area (Å²) in [6, 6.07) is 3.17. The molecule has 0 aliphatic heterocycles. The largest absolute Gasteiger partial charge is 0.461 e. The van der Waals surface area contributed by atoms with Gasteiger partial charge in [0.05, 0.1) is 18.9 Å². The Morgan fingerprint density at radius 3 is 2.94 bits per heavy atom. The van der Waals surface area contributed by atoms with Gasteiger partial charge < -0.3 is 9.47 Å². The van der Waals surface area contributed by atoms with E-state index in [-0.39, 0.29) is 5.69 Å². The van der Waals surface area contributed by atoms with Crippen LogP contribution >= 0.6 is 11.6 Å². The Bertz CT molecular complexity index is 582.